The summed E-state index contributed by atoms with van der Waals surface area (Å²) in [6.07, 6.45) is 6.87. The lowest BCUT2D eigenvalue weighted by atomic mass is 10.0. The van der Waals surface area contributed by atoms with E-state index in [9.17, 15) is 0 Å². The first kappa shape index (κ1) is 11.2. The van der Waals surface area contributed by atoms with Gasteiger partial charge in [-0.05, 0) is 25.8 Å². The van der Waals surface area contributed by atoms with Crippen LogP contribution < -0.4 is 11.1 Å². The molecule has 0 saturated carbocycles. The molecule has 2 aliphatic heterocycles. The molecule has 2 atom stereocenters. The van der Waals surface area contributed by atoms with Gasteiger partial charge in [0.1, 0.15) is 5.82 Å². The van der Waals surface area contributed by atoms with Crippen molar-refractivity contribution in [3.63, 3.8) is 0 Å². The van der Waals surface area contributed by atoms with Crippen LogP contribution in [0.1, 0.15) is 37.3 Å². The van der Waals surface area contributed by atoms with Crippen LogP contribution in [0.15, 0.2) is 0 Å². The number of nitrogens with two attached hydrogens (primary N) is 1. The second-order valence-corrected chi connectivity index (χ2v) is 5.28. The van der Waals surface area contributed by atoms with Gasteiger partial charge < -0.3 is 11.1 Å². The van der Waals surface area contributed by atoms with Gasteiger partial charge >= 0.3 is 0 Å². The zero-order chi connectivity index (χ0) is 11.7. The number of fused-ring (bicyclic) bond motifs is 1. The molecule has 2 aliphatic rings. The Kier molecular flexibility index (Phi) is 3.11. The molecular formula is C12H21N5. The summed E-state index contributed by atoms with van der Waals surface area (Å²) in [7, 11) is 0. The van der Waals surface area contributed by atoms with Gasteiger partial charge in [0.2, 0.25) is 0 Å². The largest absolute Gasteiger partial charge is 0.326 e. The Balaban J connectivity index is 1.67. The minimum Gasteiger partial charge on any atom is -0.326 e. The van der Waals surface area contributed by atoms with Gasteiger partial charge in [-0.2, -0.15) is 5.10 Å². The summed E-state index contributed by atoms with van der Waals surface area (Å²) < 4.78 is 2.01. The van der Waals surface area contributed by atoms with E-state index in [1.807, 2.05) is 4.68 Å². The Labute approximate surface area is 102 Å². The third kappa shape index (κ3) is 2.50. The molecule has 0 spiro atoms. The average molecular weight is 235 g/mol. The lowest BCUT2D eigenvalue weighted by Crippen LogP contribution is -2.35. The van der Waals surface area contributed by atoms with Crippen molar-refractivity contribution in [3.05, 3.63) is 11.6 Å². The molecule has 1 aromatic heterocycles. The van der Waals surface area contributed by atoms with E-state index in [1.165, 1.54) is 19.3 Å². The van der Waals surface area contributed by atoms with Crippen molar-refractivity contribution in [1.82, 2.24) is 20.1 Å². The third-order valence-electron chi connectivity index (χ3n) is 3.78. The van der Waals surface area contributed by atoms with E-state index in [0.717, 1.165) is 44.0 Å². The van der Waals surface area contributed by atoms with E-state index >= 15 is 0 Å². The SMILES string of the molecule is NC1CCc2nc(CC3CCCCN3)nn2C1. The van der Waals surface area contributed by atoms with Crippen LogP contribution in [-0.2, 0) is 19.4 Å². The van der Waals surface area contributed by atoms with E-state index in [2.05, 4.69) is 15.4 Å². The predicted molar refractivity (Wildman–Crippen MR) is 65.7 cm³/mol. The van der Waals surface area contributed by atoms with Crippen LogP contribution in [0, 0.1) is 0 Å². The highest BCUT2D eigenvalue weighted by molar-refractivity contribution is 4.99. The molecule has 0 radical (unpaired) electrons. The summed E-state index contributed by atoms with van der Waals surface area (Å²) in [6, 6.07) is 0.826. The molecule has 5 nitrogen and oxygen atoms in total. The number of nitrogens with zero attached hydrogens (tertiary/aromatic N) is 3. The number of piperidine rings is 1. The highest BCUT2D eigenvalue weighted by Crippen LogP contribution is 2.14. The maximum Gasteiger partial charge on any atom is 0.152 e. The fourth-order valence-electron chi connectivity index (χ4n) is 2.79. The average Bonchev–Trinajstić information content (AvgIpc) is 2.71. The fraction of sp³-hybridized carbons (Fsp3) is 0.833. The Bertz CT molecular complexity index is 380. The maximum atomic E-state index is 5.94. The third-order valence-corrected chi connectivity index (χ3v) is 3.78. The summed E-state index contributed by atoms with van der Waals surface area (Å²) in [4.78, 5) is 4.64. The van der Waals surface area contributed by atoms with Gasteiger partial charge in [0.25, 0.3) is 0 Å². The summed E-state index contributed by atoms with van der Waals surface area (Å²) >= 11 is 0. The highest BCUT2D eigenvalue weighted by atomic mass is 15.4. The van der Waals surface area contributed by atoms with Gasteiger partial charge in [0, 0.05) is 24.9 Å². The molecule has 2 unspecified atom stereocenters. The zero-order valence-corrected chi connectivity index (χ0v) is 10.2. The minimum atomic E-state index is 0.254. The zero-order valence-electron chi connectivity index (χ0n) is 10.2. The van der Waals surface area contributed by atoms with Crippen LogP contribution in [0.4, 0.5) is 0 Å². The van der Waals surface area contributed by atoms with Crippen molar-refractivity contribution < 1.29 is 0 Å². The fourth-order valence-corrected chi connectivity index (χ4v) is 2.79. The molecule has 1 saturated heterocycles. The summed E-state index contributed by atoms with van der Waals surface area (Å²) in [5, 5.41) is 8.12. The van der Waals surface area contributed by atoms with Gasteiger partial charge in [-0.25, -0.2) is 9.67 Å². The van der Waals surface area contributed by atoms with E-state index in [0.29, 0.717) is 6.04 Å². The summed E-state index contributed by atoms with van der Waals surface area (Å²) in [6.45, 7) is 1.98. The first-order valence-corrected chi connectivity index (χ1v) is 6.73. The van der Waals surface area contributed by atoms with Crippen LogP contribution in [0.2, 0.25) is 0 Å². The number of aryl methyl sites for hydroxylation is 1. The minimum absolute atomic E-state index is 0.254. The van der Waals surface area contributed by atoms with Gasteiger partial charge in [-0.1, -0.05) is 6.42 Å². The second-order valence-electron chi connectivity index (χ2n) is 5.28. The molecule has 3 heterocycles. The molecule has 0 aliphatic carbocycles. The molecule has 0 amide bonds. The molecule has 0 bridgehead atoms. The van der Waals surface area contributed by atoms with E-state index in [4.69, 9.17) is 5.73 Å². The number of hydrogen-bond donors (Lipinski definition) is 2. The normalized spacial score (nSPS) is 29.0. The first-order chi connectivity index (χ1) is 8.31. The Morgan fingerprint density at radius 2 is 2.29 bits per heavy atom. The van der Waals surface area contributed by atoms with E-state index < -0.39 is 0 Å². The van der Waals surface area contributed by atoms with Crippen molar-refractivity contribution >= 4 is 0 Å². The quantitative estimate of drug-likeness (QED) is 0.770. The molecule has 1 fully saturated rings. The van der Waals surface area contributed by atoms with Gasteiger partial charge in [-0.3, -0.25) is 0 Å². The topological polar surface area (TPSA) is 68.8 Å². The molecule has 3 N–H and O–H groups in total. The predicted octanol–water partition coefficient (Wildman–Crippen LogP) is 0.236. The monoisotopic (exact) mass is 235 g/mol. The van der Waals surface area contributed by atoms with Crippen molar-refractivity contribution in [2.24, 2.45) is 5.73 Å². The summed E-state index contributed by atoms with van der Waals surface area (Å²) in [5.41, 5.74) is 5.94. The number of rotatable bonds is 2. The summed E-state index contributed by atoms with van der Waals surface area (Å²) in [5.74, 6) is 2.12. The first-order valence-electron chi connectivity index (χ1n) is 6.73. The van der Waals surface area contributed by atoms with Crippen molar-refractivity contribution in [3.8, 4) is 0 Å². The molecule has 5 heteroatoms. The second kappa shape index (κ2) is 4.74. The Morgan fingerprint density at radius 3 is 3.12 bits per heavy atom. The Morgan fingerprint density at radius 1 is 1.35 bits per heavy atom. The number of nitrogens with one attached hydrogen (secondary N) is 1. The smallest absolute Gasteiger partial charge is 0.152 e. The lowest BCUT2D eigenvalue weighted by Gasteiger charge is -2.21. The number of hydrogen-bond acceptors (Lipinski definition) is 4. The molecule has 0 aromatic carbocycles. The standard InChI is InChI=1S/C12H21N5/c13-9-4-5-12-15-11(16-17(12)8-9)7-10-3-1-2-6-14-10/h9-10,14H,1-8,13H2. The number of aromatic nitrogens is 3. The van der Waals surface area contributed by atoms with Gasteiger partial charge in [0.05, 0.1) is 6.54 Å². The molecular weight excluding hydrogens is 214 g/mol. The molecule has 3 rings (SSSR count). The lowest BCUT2D eigenvalue weighted by molar-refractivity contribution is 0.391. The molecule has 1 aromatic rings. The van der Waals surface area contributed by atoms with Crippen molar-refractivity contribution in [2.45, 2.75) is 57.2 Å². The van der Waals surface area contributed by atoms with Crippen LogP contribution >= 0.6 is 0 Å². The van der Waals surface area contributed by atoms with Gasteiger partial charge in [0.15, 0.2) is 5.82 Å². The van der Waals surface area contributed by atoms with E-state index in [1.54, 1.807) is 0 Å². The van der Waals surface area contributed by atoms with Crippen LogP contribution in [0.25, 0.3) is 0 Å². The van der Waals surface area contributed by atoms with Crippen LogP contribution in [0.5, 0.6) is 0 Å². The Hall–Kier alpha value is -0.940. The van der Waals surface area contributed by atoms with Crippen molar-refractivity contribution in [1.29, 1.82) is 0 Å². The highest BCUT2D eigenvalue weighted by Gasteiger charge is 2.21. The molecule has 94 valence electrons. The van der Waals surface area contributed by atoms with E-state index in [-0.39, 0.29) is 6.04 Å². The van der Waals surface area contributed by atoms with Crippen molar-refractivity contribution in [2.75, 3.05) is 6.54 Å². The van der Waals surface area contributed by atoms with Crippen LogP contribution in [-0.4, -0.2) is 33.4 Å². The maximum absolute atomic E-state index is 5.94. The van der Waals surface area contributed by atoms with Gasteiger partial charge in [-0.15, -0.1) is 0 Å². The molecule has 17 heavy (non-hydrogen) atoms. The van der Waals surface area contributed by atoms with Crippen LogP contribution in [0.3, 0.4) is 0 Å².